The molecule has 0 aromatic heterocycles. The van der Waals surface area contributed by atoms with E-state index in [1.165, 1.54) is 0 Å². The van der Waals surface area contributed by atoms with Gasteiger partial charge in [0.15, 0.2) is 6.10 Å². The fraction of sp³-hybridized carbons (Fsp3) is 0.158. The van der Waals surface area contributed by atoms with E-state index in [1.54, 1.807) is 24.3 Å². The van der Waals surface area contributed by atoms with Crippen molar-refractivity contribution in [1.29, 1.82) is 0 Å². The average Bonchev–Trinajstić information content (AvgIpc) is 3.04. The summed E-state index contributed by atoms with van der Waals surface area (Å²) in [6, 6.07) is 14.3. The first-order valence-corrected chi connectivity index (χ1v) is 7.55. The Morgan fingerprint density at radius 3 is 2.71 bits per heavy atom. The highest BCUT2D eigenvalue weighted by Crippen LogP contribution is 2.29. The number of nitrogens with one attached hydrogen (secondary N) is 2. The lowest BCUT2D eigenvalue weighted by Gasteiger charge is -2.14. The van der Waals surface area contributed by atoms with E-state index in [0.717, 1.165) is 11.3 Å². The normalized spacial score (nSPS) is 14.9. The van der Waals surface area contributed by atoms with Crippen molar-refractivity contribution in [3.8, 4) is 18.1 Å². The molecule has 5 heteroatoms. The monoisotopic (exact) mass is 320 g/mol. The molecule has 1 heterocycles. The van der Waals surface area contributed by atoms with Gasteiger partial charge in [0.1, 0.15) is 5.75 Å². The van der Waals surface area contributed by atoms with Crippen molar-refractivity contribution in [3.05, 3.63) is 59.7 Å². The van der Waals surface area contributed by atoms with Crippen LogP contribution in [0.2, 0.25) is 0 Å². The highest BCUT2D eigenvalue weighted by atomic mass is 16.5. The Morgan fingerprint density at radius 2 is 1.92 bits per heavy atom. The van der Waals surface area contributed by atoms with Crippen LogP contribution >= 0.6 is 0 Å². The lowest BCUT2D eigenvalue weighted by atomic mass is 10.1. The number of fused-ring (bicyclic) bond motifs is 1. The molecule has 2 aromatic rings. The van der Waals surface area contributed by atoms with Gasteiger partial charge in [-0.1, -0.05) is 36.3 Å². The number of carbonyl (C=O) groups excluding carboxylic acids is 2. The highest BCUT2D eigenvalue weighted by molar-refractivity contribution is 6.04. The van der Waals surface area contributed by atoms with Gasteiger partial charge in [0.25, 0.3) is 11.8 Å². The second-order valence-corrected chi connectivity index (χ2v) is 5.34. The van der Waals surface area contributed by atoms with Crippen molar-refractivity contribution in [2.75, 3.05) is 11.9 Å². The molecule has 24 heavy (non-hydrogen) atoms. The van der Waals surface area contributed by atoms with Crippen LogP contribution in [0.3, 0.4) is 0 Å². The van der Waals surface area contributed by atoms with Gasteiger partial charge >= 0.3 is 0 Å². The minimum absolute atomic E-state index is 0.127. The summed E-state index contributed by atoms with van der Waals surface area (Å²) in [6.45, 7) is 0.127. The van der Waals surface area contributed by atoms with Crippen LogP contribution in [-0.4, -0.2) is 24.5 Å². The van der Waals surface area contributed by atoms with Crippen LogP contribution in [0.5, 0.6) is 5.75 Å². The lowest BCUT2D eigenvalue weighted by Crippen LogP contribution is -2.32. The molecule has 2 aromatic carbocycles. The first-order chi connectivity index (χ1) is 11.7. The van der Waals surface area contributed by atoms with Crippen molar-refractivity contribution >= 4 is 17.5 Å². The molecule has 0 aliphatic carbocycles. The van der Waals surface area contributed by atoms with Crippen molar-refractivity contribution in [1.82, 2.24) is 5.32 Å². The van der Waals surface area contributed by atoms with Gasteiger partial charge in [0.2, 0.25) is 0 Å². The first-order valence-electron chi connectivity index (χ1n) is 7.55. The predicted octanol–water partition coefficient (Wildman–Crippen LogP) is 1.99. The van der Waals surface area contributed by atoms with Crippen molar-refractivity contribution in [3.63, 3.8) is 0 Å². The molecular formula is C19H16N2O3. The number of terminal acetylenes is 1. The molecule has 0 fully saturated rings. The summed E-state index contributed by atoms with van der Waals surface area (Å²) in [4.78, 5) is 24.6. The Kier molecular flexibility index (Phi) is 4.48. The molecule has 120 valence electrons. The summed E-state index contributed by atoms with van der Waals surface area (Å²) in [5.41, 5.74) is 1.78. The molecule has 0 radical (unpaired) electrons. The van der Waals surface area contributed by atoms with Crippen LogP contribution in [0, 0.1) is 12.3 Å². The zero-order valence-corrected chi connectivity index (χ0v) is 12.9. The number of rotatable bonds is 4. The van der Waals surface area contributed by atoms with E-state index in [4.69, 9.17) is 11.2 Å². The third kappa shape index (κ3) is 3.23. The standard InChI is InChI=1S/C19H16N2O3/c1-2-11-20-18(22)14-8-4-5-9-15(14)21-19(23)17-12-13-7-3-6-10-16(13)24-17/h1,3-10,17H,11-12H2,(H,20,22)(H,21,23). The van der Waals surface area contributed by atoms with Gasteiger partial charge in [-0.3, -0.25) is 9.59 Å². The van der Waals surface area contributed by atoms with Gasteiger partial charge in [0, 0.05) is 6.42 Å². The van der Waals surface area contributed by atoms with Gasteiger partial charge in [-0.05, 0) is 23.8 Å². The maximum Gasteiger partial charge on any atom is 0.265 e. The Morgan fingerprint density at radius 1 is 1.17 bits per heavy atom. The SMILES string of the molecule is C#CCNC(=O)c1ccccc1NC(=O)C1Cc2ccccc2O1. The molecule has 3 rings (SSSR count). The van der Waals surface area contributed by atoms with Crippen LogP contribution < -0.4 is 15.4 Å². The highest BCUT2D eigenvalue weighted by Gasteiger charge is 2.29. The van der Waals surface area contributed by atoms with E-state index in [1.807, 2.05) is 24.3 Å². The second kappa shape index (κ2) is 6.88. The second-order valence-electron chi connectivity index (χ2n) is 5.34. The summed E-state index contributed by atoms with van der Waals surface area (Å²) in [7, 11) is 0. The Bertz CT molecular complexity index is 798. The summed E-state index contributed by atoms with van der Waals surface area (Å²) in [6.07, 6.45) is 5.05. The van der Waals surface area contributed by atoms with E-state index in [2.05, 4.69) is 16.6 Å². The Labute approximate surface area is 140 Å². The number of hydrogen-bond donors (Lipinski definition) is 2. The first kappa shape index (κ1) is 15.6. The maximum absolute atomic E-state index is 12.5. The molecule has 2 N–H and O–H groups in total. The minimum atomic E-state index is -0.607. The molecule has 1 unspecified atom stereocenters. The Balaban J connectivity index is 1.72. The summed E-state index contributed by atoms with van der Waals surface area (Å²) < 4.78 is 5.67. The summed E-state index contributed by atoms with van der Waals surface area (Å²) in [5, 5.41) is 5.36. The van der Waals surface area contributed by atoms with Crippen LogP contribution in [0.25, 0.3) is 0 Å². The van der Waals surface area contributed by atoms with Gasteiger partial charge in [0.05, 0.1) is 17.8 Å². The number of ether oxygens (including phenoxy) is 1. The lowest BCUT2D eigenvalue weighted by molar-refractivity contribution is -0.122. The van der Waals surface area contributed by atoms with Gasteiger partial charge in [-0.25, -0.2) is 0 Å². The van der Waals surface area contributed by atoms with E-state index in [9.17, 15) is 9.59 Å². The van der Waals surface area contributed by atoms with Crippen molar-refractivity contribution in [2.24, 2.45) is 0 Å². The molecule has 5 nitrogen and oxygen atoms in total. The van der Waals surface area contributed by atoms with Gasteiger partial charge in [-0.2, -0.15) is 0 Å². The Hall–Kier alpha value is -3.26. The molecule has 2 amide bonds. The van der Waals surface area contributed by atoms with E-state index < -0.39 is 6.10 Å². The number of anilines is 1. The van der Waals surface area contributed by atoms with Gasteiger partial charge in [-0.15, -0.1) is 6.42 Å². The topological polar surface area (TPSA) is 67.4 Å². The maximum atomic E-state index is 12.5. The molecule has 0 saturated heterocycles. The molecule has 1 atom stereocenters. The quantitative estimate of drug-likeness (QED) is 0.847. The largest absolute Gasteiger partial charge is 0.480 e. The number of carbonyl (C=O) groups is 2. The van der Waals surface area contributed by atoms with Crippen LogP contribution in [0.1, 0.15) is 15.9 Å². The van der Waals surface area contributed by atoms with E-state index in [0.29, 0.717) is 17.7 Å². The van der Waals surface area contributed by atoms with Crippen LogP contribution in [0.15, 0.2) is 48.5 Å². The summed E-state index contributed by atoms with van der Waals surface area (Å²) in [5.74, 6) is 2.44. The van der Waals surface area contributed by atoms with Crippen LogP contribution in [-0.2, 0) is 11.2 Å². The number of hydrogen-bond acceptors (Lipinski definition) is 3. The van der Waals surface area contributed by atoms with Crippen molar-refractivity contribution in [2.45, 2.75) is 12.5 Å². The number of amides is 2. The smallest absolute Gasteiger partial charge is 0.265 e. The summed E-state index contributed by atoms with van der Waals surface area (Å²) >= 11 is 0. The van der Waals surface area contributed by atoms with E-state index in [-0.39, 0.29) is 18.4 Å². The third-order valence-electron chi connectivity index (χ3n) is 3.72. The fourth-order valence-corrected chi connectivity index (χ4v) is 2.56. The molecule has 0 spiro atoms. The number of benzene rings is 2. The van der Waals surface area contributed by atoms with E-state index >= 15 is 0 Å². The zero-order chi connectivity index (χ0) is 16.9. The van der Waals surface area contributed by atoms with Gasteiger partial charge < -0.3 is 15.4 Å². The van der Waals surface area contributed by atoms with Crippen LogP contribution in [0.4, 0.5) is 5.69 Å². The molecule has 1 aliphatic heterocycles. The molecular weight excluding hydrogens is 304 g/mol. The molecule has 0 bridgehead atoms. The minimum Gasteiger partial charge on any atom is -0.480 e. The predicted molar refractivity (Wildman–Crippen MR) is 90.8 cm³/mol. The number of para-hydroxylation sites is 2. The fourth-order valence-electron chi connectivity index (χ4n) is 2.56. The molecule has 0 saturated carbocycles. The average molecular weight is 320 g/mol. The third-order valence-corrected chi connectivity index (χ3v) is 3.72. The zero-order valence-electron chi connectivity index (χ0n) is 12.9. The molecule has 1 aliphatic rings. The van der Waals surface area contributed by atoms with Crippen molar-refractivity contribution < 1.29 is 14.3 Å².